The number of anilines is 1. The van der Waals surface area contributed by atoms with Crippen molar-refractivity contribution in [2.75, 3.05) is 11.9 Å². The Morgan fingerprint density at radius 3 is 2.56 bits per heavy atom. The minimum Gasteiger partial charge on any atom is -0.462 e. The summed E-state index contributed by atoms with van der Waals surface area (Å²) in [6.45, 7) is 1.71. The van der Waals surface area contributed by atoms with E-state index in [1.165, 1.54) is 12.1 Å². The quantitative estimate of drug-likeness (QED) is 0.200. The van der Waals surface area contributed by atoms with Crippen molar-refractivity contribution < 1.29 is 19.2 Å². The first-order valence-electron chi connectivity index (χ1n) is 7.90. The molecule has 0 aliphatic heterocycles. The van der Waals surface area contributed by atoms with Gasteiger partial charge in [-0.15, -0.1) is 0 Å². The van der Waals surface area contributed by atoms with Gasteiger partial charge in [0.05, 0.1) is 17.1 Å². The highest BCUT2D eigenvalue weighted by molar-refractivity contribution is 6.12. The summed E-state index contributed by atoms with van der Waals surface area (Å²) < 4.78 is 4.75. The van der Waals surface area contributed by atoms with Crippen LogP contribution in [0, 0.1) is 21.4 Å². The number of hydrogen-bond donors (Lipinski definition) is 1. The molecule has 0 bridgehead atoms. The second kappa shape index (κ2) is 8.92. The van der Waals surface area contributed by atoms with Gasteiger partial charge in [0.1, 0.15) is 6.07 Å². The Kier molecular flexibility index (Phi) is 6.39. The number of hydrogen-bond acceptors (Lipinski definition) is 7. The van der Waals surface area contributed by atoms with E-state index in [9.17, 15) is 19.7 Å². The number of benzene rings is 2. The number of nitro groups is 1. The molecule has 0 unspecified atom stereocenters. The van der Waals surface area contributed by atoms with E-state index >= 15 is 0 Å². The molecule has 136 valence electrons. The SMILES string of the molecule is CCOC(=O)/C(C#N)=C/Nc1ccc([N+](=O)[O-])cc1C(=O)c1ccccc1. The van der Waals surface area contributed by atoms with Crippen LogP contribution in [0.1, 0.15) is 22.8 Å². The second-order valence-electron chi connectivity index (χ2n) is 5.22. The highest BCUT2D eigenvalue weighted by atomic mass is 16.6. The van der Waals surface area contributed by atoms with Gasteiger partial charge >= 0.3 is 5.97 Å². The summed E-state index contributed by atoms with van der Waals surface area (Å²) >= 11 is 0. The zero-order valence-electron chi connectivity index (χ0n) is 14.3. The monoisotopic (exact) mass is 365 g/mol. The first-order chi connectivity index (χ1) is 13.0. The van der Waals surface area contributed by atoms with Gasteiger partial charge in [0.15, 0.2) is 11.4 Å². The van der Waals surface area contributed by atoms with Gasteiger partial charge in [0.2, 0.25) is 0 Å². The molecule has 0 saturated carbocycles. The maximum absolute atomic E-state index is 12.8. The fourth-order valence-corrected chi connectivity index (χ4v) is 2.20. The van der Waals surface area contributed by atoms with Gasteiger partial charge in [-0.25, -0.2) is 4.79 Å². The maximum atomic E-state index is 12.8. The van der Waals surface area contributed by atoms with Gasteiger partial charge in [-0.1, -0.05) is 30.3 Å². The normalized spacial score (nSPS) is 10.6. The average Bonchev–Trinajstić information content (AvgIpc) is 2.68. The van der Waals surface area contributed by atoms with Crippen molar-refractivity contribution in [3.63, 3.8) is 0 Å². The number of carbonyl (C=O) groups is 2. The van der Waals surface area contributed by atoms with Crippen molar-refractivity contribution in [2.45, 2.75) is 6.92 Å². The van der Waals surface area contributed by atoms with Gasteiger partial charge in [0.25, 0.3) is 5.69 Å². The van der Waals surface area contributed by atoms with Crippen LogP contribution in [0.2, 0.25) is 0 Å². The molecular weight excluding hydrogens is 350 g/mol. The molecule has 27 heavy (non-hydrogen) atoms. The molecular formula is C19H15N3O5. The van der Waals surface area contributed by atoms with Gasteiger partial charge < -0.3 is 10.1 Å². The Bertz CT molecular complexity index is 946. The standard InChI is InChI=1S/C19H15N3O5/c1-2-27-19(24)14(11-20)12-21-17-9-8-15(22(25)26)10-16(17)18(23)13-6-4-3-5-7-13/h3-10,12,21H,2H2,1H3/b14-12+. The maximum Gasteiger partial charge on any atom is 0.350 e. The Balaban J connectivity index is 2.44. The van der Waals surface area contributed by atoms with Crippen LogP contribution in [0.25, 0.3) is 0 Å². The number of nitrogens with zero attached hydrogens (tertiary/aromatic N) is 2. The number of carbonyl (C=O) groups excluding carboxylic acids is 2. The number of nitrogens with one attached hydrogen (secondary N) is 1. The third-order valence-corrected chi connectivity index (χ3v) is 3.48. The van der Waals surface area contributed by atoms with E-state index in [1.807, 2.05) is 0 Å². The molecule has 1 N–H and O–H groups in total. The lowest BCUT2D eigenvalue weighted by atomic mass is 10.0. The zero-order valence-corrected chi connectivity index (χ0v) is 14.3. The minimum absolute atomic E-state index is 0.0350. The van der Waals surface area contributed by atoms with Gasteiger partial charge in [-0.05, 0) is 13.0 Å². The molecule has 2 aromatic carbocycles. The van der Waals surface area contributed by atoms with Crippen LogP contribution in [0.15, 0.2) is 60.3 Å². The Morgan fingerprint density at radius 2 is 1.96 bits per heavy atom. The number of esters is 1. The van der Waals surface area contributed by atoms with E-state index < -0.39 is 16.7 Å². The van der Waals surface area contributed by atoms with E-state index in [-0.39, 0.29) is 29.1 Å². The molecule has 0 spiro atoms. The van der Waals surface area contributed by atoms with E-state index in [1.54, 1.807) is 43.3 Å². The molecule has 8 heteroatoms. The number of nitriles is 1. The van der Waals surface area contributed by atoms with Gasteiger partial charge in [-0.3, -0.25) is 14.9 Å². The van der Waals surface area contributed by atoms with Crippen LogP contribution >= 0.6 is 0 Å². The molecule has 8 nitrogen and oxygen atoms in total. The van der Waals surface area contributed by atoms with Gasteiger partial charge in [-0.2, -0.15) is 5.26 Å². The van der Waals surface area contributed by atoms with Gasteiger partial charge in [0, 0.05) is 29.6 Å². The van der Waals surface area contributed by atoms with Crippen LogP contribution < -0.4 is 5.32 Å². The first-order valence-corrected chi connectivity index (χ1v) is 7.90. The van der Waals surface area contributed by atoms with Crippen molar-refractivity contribution in [3.8, 4) is 6.07 Å². The molecule has 2 rings (SSSR count). The summed E-state index contributed by atoms with van der Waals surface area (Å²) in [4.78, 5) is 34.9. The molecule has 0 atom stereocenters. The molecule has 0 fully saturated rings. The summed E-state index contributed by atoms with van der Waals surface area (Å²) in [6.07, 6.45) is 1.10. The molecule has 2 aromatic rings. The molecule has 0 aliphatic rings. The summed E-state index contributed by atoms with van der Waals surface area (Å²) in [6, 6.07) is 13.6. The van der Waals surface area contributed by atoms with E-state index in [4.69, 9.17) is 10.00 Å². The van der Waals surface area contributed by atoms with E-state index in [0.717, 1.165) is 12.3 Å². The predicted molar refractivity (Wildman–Crippen MR) is 96.9 cm³/mol. The summed E-state index contributed by atoms with van der Waals surface area (Å²) in [5.41, 5.74) is 0.0400. The van der Waals surface area contributed by atoms with Crippen molar-refractivity contribution in [3.05, 3.63) is 81.5 Å². The van der Waals surface area contributed by atoms with Crippen molar-refractivity contribution in [2.24, 2.45) is 0 Å². The topological polar surface area (TPSA) is 122 Å². The van der Waals surface area contributed by atoms with E-state index in [0.29, 0.717) is 5.56 Å². The lowest BCUT2D eigenvalue weighted by Gasteiger charge is -2.09. The second-order valence-corrected chi connectivity index (χ2v) is 5.22. The lowest BCUT2D eigenvalue weighted by Crippen LogP contribution is -2.10. The van der Waals surface area contributed by atoms with Crippen LogP contribution in [-0.2, 0) is 9.53 Å². The number of ether oxygens (including phenoxy) is 1. The Hall–Kier alpha value is -3.99. The number of non-ortho nitro benzene ring substituents is 1. The third kappa shape index (κ3) is 4.76. The molecule has 0 amide bonds. The third-order valence-electron chi connectivity index (χ3n) is 3.48. The molecule has 0 aromatic heterocycles. The smallest absolute Gasteiger partial charge is 0.350 e. The molecule has 0 saturated heterocycles. The van der Waals surface area contributed by atoms with Crippen molar-refractivity contribution in [1.29, 1.82) is 5.26 Å². The van der Waals surface area contributed by atoms with Crippen LogP contribution in [0.5, 0.6) is 0 Å². The largest absolute Gasteiger partial charge is 0.462 e. The van der Waals surface area contributed by atoms with E-state index in [2.05, 4.69) is 5.32 Å². The minimum atomic E-state index is -0.814. The lowest BCUT2D eigenvalue weighted by molar-refractivity contribution is -0.384. The van der Waals surface area contributed by atoms with Crippen LogP contribution in [0.4, 0.5) is 11.4 Å². The highest BCUT2D eigenvalue weighted by Crippen LogP contribution is 2.25. The zero-order chi connectivity index (χ0) is 19.8. The highest BCUT2D eigenvalue weighted by Gasteiger charge is 2.18. The molecule has 0 radical (unpaired) electrons. The summed E-state index contributed by atoms with van der Waals surface area (Å²) in [5.74, 6) is -1.25. The fourth-order valence-electron chi connectivity index (χ4n) is 2.20. The Labute approximate surface area is 154 Å². The Morgan fingerprint density at radius 1 is 1.26 bits per heavy atom. The summed E-state index contributed by atoms with van der Waals surface area (Å²) in [5, 5.41) is 22.8. The van der Waals surface area contributed by atoms with Crippen LogP contribution in [-0.4, -0.2) is 23.3 Å². The number of nitro benzene ring substituents is 1. The number of ketones is 1. The average molecular weight is 365 g/mol. The molecule has 0 aliphatic carbocycles. The first kappa shape index (κ1) is 19.3. The molecule has 0 heterocycles. The van der Waals surface area contributed by atoms with Crippen LogP contribution in [0.3, 0.4) is 0 Å². The predicted octanol–water partition coefficient (Wildman–Crippen LogP) is 3.21. The number of rotatable bonds is 7. The summed E-state index contributed by atoms with van der Waals surface area (Å²) in [7, 11) is 0. The van der Waals surface area contributed by atoms with Crippen molar-refractivity contribution in [1.82, 2.24) is 0 Å². The van der Waals surface area contributed by atoms with Crippen molar-refractivity contribution >= 4 is 23.1 Å². The fraction of sp³-hybridized carbons (Fsp3) is 0.105.